The van der Waals surface area contributed by atoms with E-state index in [1.165, 1.54) is 0 Å². The molecule has 0 amide bonds. The first kappa shape index (κ1) is 12.0. The van der Waals surface area contributed by atoms with E-state index in [-0.39, 0.29) is 0 Å². The molecule has 2 aromatic heterocycles. The molecule has 0 aliphatic carbocycles. The maximum atomic E-state index is 4.37. The lowest BCUT2D eigenvalue weighted by atomic mass is 10.4. The highest BCUT2D eigenvalue weighted by Gasteiger charge is 2.09. The van der Waals surface area contributed by atoms with Crippen molar-refractivity contribution in [2.75, 3.05) is 11.9 Å². The molecule has 2 rings (SSSR count). The molecule has 2 aromatic rings. The Morgan fingerprint density at radius 3 is 2.81 bits per heavy atom. The van der Waals surface area contributed by atoms with Gasteiger partial charge in [-0.15, -0.1) is 11.3 Å². The van der Waals surface area contributed by atoms with Crippen LogP contribution in [0.3, 0.4) is 0 Å². The standard InChI is InChI=1S/C10H9Br2N3S/c1-15(4-8-5-16-6-14-8)10-9(12)2-7(11)3-13-10/h2-3,5-6H,4H2,1H3. The summed E-state index contributed by atoms with van der Waals surface area (Å²) >= 11 is 8.49. The van der Waals surface area contributed by atoms with Crippen molar-refractivity contribution >= 4 is 49.0 Å². The lowest BCUT2D eigenvalue weighted by molar-refractivity contribution is 0.870. The van der Waals surface area contributed by atoms with Crippen LogP contribution >= 0.6 is 43.2 Å². The Balaban J connectivity index is 2.17. The van der Waals surface area contributed by atoms with Gasteiger partial charge in [0.15, 0.2) is 0 Å². The Morgan fingerprint density at radius 1 is 1.38 bits per heavy atom. The second-order valence-electron chi connectivity index (χ2n) is 3.29. The molecule has 6 heteroatoms. The van der Waals surface area contributed by atoms with Crippen molar-refractivity contribution in [3.63, 3.8) is 0 Å². The van der Waals surface area contributed by atoms with Crippen LogP contribution in [0.15, 0.2) is 32.1 Å². The Hall–Kier alpha value is -0.460. The summed E-state index contributed by atoms with van der Waals surface area (Å²) in [5, 5.41) is 2.04. The van der Waals surface area contributed by atoms with Gasteiger partial charge >= 0.3 is 0 Å². The van der Waals surface area contributed by atoms with Crippen LogP contribution in [0.2, 0.25) is 0 Å². The van der Waals surface area contributed by atoms with Crippen LogP contribution < -0.4 is 4.90 Å². The molecule has 0 atom stereocenters. The van der Waals surface area contributed by atoms with Crippen molar-refractivity contribution in [3.05, 3.63) is 37.8 Å². The Morgan fingerprint density at radius 2 is 2.19 bits per heavy atom. The predicted molar refractivity (Wildman–Crippen MR) is 73.9 cm³/mol. The molecule has 0 saturated heterocycles. The number of hydrogen-bond donors (Lipinski definition) is 0. The molecule has 0 aliphatic heterocycles. The van der Waals surface area contributed by atoms with Crippen LogP contribution in [0, 0.1) is 0 Å². The fraction of sp³-hybridized carbons (Fsp3) is 0.200. The number of anilines is 1. The molecule has 0 aromatic carbocycles. The van der Waals surface area contributed by atoms with E-state index in [1.54, 1.807) is 17.5 Å². The number of pyridine rings is 1. The quantitative estimate of drug-likeness (QED) is 0.833. The van der Waals surface area contributed by atoms with Gasteiger partial charge in [-0.1, -0.05) is 0 Å². The van der Waals surface area contributed by atoms with Crippen LogP contribution in [0.5, 0.6) is 0 Å². The summed E-state index contributed by atoms with van der Waals surface area (Å²) in [7, 11) is 2.00. The van der Waals surface area contributed by atoms with Gasteiger partial charge in [-0.25, -0.2) is 9.97 Å². The predicted octanol–water partition coefficient (Wildman–Crippen LogP) is 3.70. The average Bonchev–Trinajstić information content (AvgIpc) is 2.70. The fourth-order valence-corrected chi connectivity index (χ4v) is 3.16. The number of hydrogen-bond acceptors (Lipinski definition) is 4. The van der Waals surface area contributed by atoms with Crippen LogP contribution in [0.25, 0.3) is 0 Å². The van der Waals surface area contributed by atoms with Crippen LogP contribution in [-0.2, 0) is 6.54 Å². The molecule has 0 N–H and O–H groups in total. The minimum Gasteiger partial charge on any atom is -0.353 e. The Labute approximate surface area is 115 Å². The zero-order valence-corrected chi connectivity index (χ0v) is 12.5. The van der Waals surface area contributed by atoms with E-state index in [0.29, 0.717) is 0 Å². The molecule has 0 unspecified atom stereocenters. The molecule has 2 heterocycles. The molecule has 0 bridgehead atoms. The first-order chi connectivity index (χ1) is 7.66. The number of aromatic nitrogens is 2. The van der Waals surface area contributed by atoms with E-state index in [2.05, 4.69) is 46.7 Å². The zero-order valence-electron chi connectivity index (χ0n) is 8.52. The molecule has 16 heavy (non-hydrogen) atoms. The molecule has 0 saturated carbocycles. The van der Waals surface area contributed by atoms with Crippen molar-refractivity contribution < 1.29 is 0 Å². The van der Waals surface area contributed by atoms with Crippen molar-refractivity contribution in [1.29, 1.82) is 0 Å². The molecule has 0 aliphatic rings. The fourth-order valence-electron chi connectivity index (χ4n) is 1.32. The van der Waals surface area contributed by atoms with Gasteiger partial charge < -0.3 is 4.90 Å². The maximum Gasteiger partial charge on any atom is 0.143 e. The van der Waals surface area contributed by atoms with Crippen molar-refractivity contribution in [1.82, 2.24) is 9.97 Å². The third-order valence-electron chi connectivity index (χ3n) is 2.03. The van der Waals surface area contributed by atoms with Crippen molar-refractivity contribution in [3.8, 4) is 0 Å². The molecule has 0 spiro atoms. The number of nitrogens with zero attached hydrogens (tertiary/aromatic N) is 3. The van der Waals surface area contributed by atoms with E-state index in [9.17, 15) is 0 Å². The van der Waals surface area contributed by atoms with Gasteiger partial charge in [0, 0.05) is 23.1 Å². The summed E-state index contributed by atoms with van der Waals surface area (Å²) in [5.74, 6) is 0.913. The van der Waals surface area contributed by atoms with E-state index in [1.807, 2.05) is 24.0 Å². The smallest absolute Gasteiger partial charge is 0.143 e. The second-order valence-corrected chi connectivity index (χ2v) is 5.78. The minimum atomic E-state index is 0.761. The maximum absolute atomic E-state index is 4.37. The highest BCUT2D eigenvalue weighted by Crippen LogP contribution is 2.26. The lowest BCUT2D eigenvalue weighted by Crippen LogP contribution is -2.18. The average molecular weight is 363 g/mol. The van der Waals surface area contributed by atoms with Gasteiger partial charge in [0.2, 0.25) is 0 Å². The first-order valence-corrected chi connectivity index (χ1v) is 7.09. The van der Waals surface area contributed by atoms with Gasteiger partial charge in [-0.05, 0) is 37.9 Å². The highest BCUT2D eigenvalue weighted by atomic mass is 79.9. The van der Waals surface area contributed by atoms with Gasteiger partial charge in [0.05, 0.1) is 22.2 Å². The third-order valence-corrected chi connectivity index (χ3v) is 3.69. The van der Waals surface area contributed by atoms with E-state index in [4.69, 9.17) is 0 Å². The summed E-state index contributed by atoms with van der Waals surface area (Å²) in [6, 6.07) is 1.99. The second kappa shape index (κ2) is 5.25. The van der Waals surface area contributed by atoms with Crippen molar-refractivity contribution in [2.45, 2.75) is 6.54 Å². The SMILES string of the molecule is CN(Cc1cscn1)c1ncc(Br)cc1Br. The summed E-state index contributed by atoms with van der Waals surface area (Å²) in [6.07, 6.45) is 1.79. The normalized spacial score (nSPS) is 10.4. The van der Waals surface area contributed by atoms with Gasteiger partial charge in [0.1, 0.15) is 5.82 Å². The topological polar surface area (TPSA) is 29.0 Å². The van der Waals surface area contributed by atoms with E-state index >= 15 is 0 Å². The van der Waals surface area contributed by atoms with Gasteiger partial charge in [-0.3, -0.25) is 0 Å². The van der Waals surface area contributed by atoms with Crippen LogP contribution in [0.1, 0.15) is 5.69 Å². The minimum absolute atomic E-state index is 0.761. The summed E-state index contributed by atoms with van der Waals surface area (Å²) in [4.78, 5) is 10.7. The Bertz CT molecular complexity index is 473. The van der Waals surface area contributed by atoms with Crippen molar-refractivity contribution in [2.24, 2.45) is 0 Å². The Kier molecular flexibility index (Phi) is 3.94. The molecular formula is C10H9Br2N3S. The van der Waals surface area contributed by atoms with E-state index in [0.717, 1.165) is 27.0 Å². The van der Waals surface area contributed by atoms with E-state index < -0.39 is 0 Å². The summed E-state index contributed by atoms with van der Waals surface area (Å²) in [6.45, 7) is 0.761. The monoisotopic (exact) mass is 361 g/mol. The third kappa shape index (κ3) is 2.81. The summed E-state index contributed by atoms with van der Waals surface area (Å²) in [5.41, 5.74) is 2.90. The first-order valence-electron chi connectivity index (χ1n) is 4.56. The summed E-state index contributed by atoms with van der Waals surface area (Å²) < 4.78 is 1.93. The highest BCUT2D eigenvalue weighted by molar-refractivity contribution is 9.11. The number of thiazole rings is 1. The molecule has 0 fully saturated rings. The van der Waals surface area contributed by atoms with Crippen LogP contribution in [0.4, 0.5) is 5.82 Å². The van der Waals surface area contributed by atoms with Crippen LogP contribution in [-0.4, -0.2) is 17.0 Å². The number of halogens is 2. The largest absolute Gasteiger partial charge is 0.353 e. The molecule has 3 nitrogen and oxygen atoms in total. The molecule has 0 radical (unpaired) electrons. The number of rotatable bonds is 3. The van der Waals surface area contributed by atoms with Gasteiger partial charge in [-0.2, -0.15) is 0 Å². The molecule has 84 valence electrons. The molecular weight excluding hydrogens is 354 g/mol. The van der Waals surface area contributed by atoms with Gasteiger partial charge in [0.25, 0.3) is 0 Å². The lowest BCUT2D eigenvalue weighted by Gasteiger charge is -2.18. The zero-order chi connectivity index (χ0) is 11.5.